The zero-order valence-corrected chi connectivity index (χ0v) is 19.0. The second-order valence-corrected chi connectivity index (χ2v) is 8.92. The van der Waals surface area contributed by atoms with E-state index in [9.17, 15) is 9.59 Å². The Bertz CT molecular complexity index is 1180. The molecule has 0 bridgehead atoms. The quantitative estimate of drug-likeness (QED) is 0.619. The summed E-state index contributed by atoms with van der Waals surface area (Å²) in [5.74, 6) is -0.118. The summed E-state index contributed by atoms with van der Waals surface area (Å²) in [6.07, 6.45) is 3.15. The van der Waals surface area contributed by atoms with Crippen LogP contribution in [-0.4, -0.2) is 36.3 Å². The molecular formula is C28H29N3O2. The maximum atomic E-state index is 12.9. The summed E-state index contributed by atoms with van der Waals surface area (Å²) in [4.78, 5) is 30.0. The van der Waals surface area contributed by atoms with E-state index in [1.165, 1.54) is 11.1 Å². The van der Waals surface area contributed by atoms with Gasteiger partial charge in [0.2, 0.25) is 0 Å². The van der Waals surface area contributed by atoms with Gasteiger partial charge in [0.1, 0.15) is 0 Å². The molecule has 1 saturated heterocycles. The van der Waals surface area contributed by atoms with Crippen molar-refractivity contribution in [1.82, 2.24) is 4.90 Å². The van der Waals surface area contributed by atoms with Crippen molar-refractivity contribution in [2.75, 3.05) is 29.9 Å². The van der Waals surface area contributed by atoms with Crippen molar-refractivity contribution in [2.24, 2.45) is 0 Å². The highest BCUT2D eigenvalue weighted by Crippen LogP contribution is 2.26. The smallest absolute Gasteiger partial charge is 0.255 e. The third-order valence-electron chi connectivity index (χ3n) is 6.83. The number of anilines is 2. The molecule has 1 N–H and O–H groups in total. The largest absolute Gasteiger partial charge is 0.367 e. The zero-order valence-electron chi connectivity index (χ0n) is 19.0. The van der Waals surface area contributed by atoms with Crippen molar-refractivity contribution in [3.05, 3.63) is 94.5 Å². The van der Waals surface area contributed by atoms with Gasteiger partial charge in [0, 0.05) is 48.7 Å². The van der Waals surface area contributed by atoms with Crippen LogP contribution in [0.15, 0.2) is 66.7 Å². The molecule has 0 aromatic heterocycles. The van der Waals surface area contributed by atoms with Gasteiger partial charge in [0.25, 0.3) is 11.8 Å². The summed E-state index contributed by atoms with van der Waals surface area (Å²) < 4.78 is 0. The fraction of sp³-hybridized carbons (Fsp3) is 0.286. The molecule has 0 saturated carbocycles. The van der Waals surface area contributed by atoms with Gasteiger partial charge in [-0.15, -0.1) is 0 Å². The van der Waals surface area contributed by atoms with E-state index in [0.717, 1.165) is 56.7 Å². The van der Waals surface area contributed by atoms with Crippen molar-refractivity contribution in [3.63, 3.8) is 0 Å². The van der Waals surface area contributed by atoms with Gasteiger partial charge >= 0.3 is 0 Å². The molecular weight excluding hydrogens is 410 g/mol. The fourth-order valence-corrected chi connectivity index (χ4v) is 4.83. The molecule has 2 aliphatic rings. The Hall–Kier alpha value is -3.60. The van der Waals surface area contributed by atoms with Crippen LogP contribution >= 0.6 is 0 Å². The third kappa shape index (κ3) is 4.36. The number of likely N-dealkylation sites (tertiary alicyclic amines) is 1. The van der Waals surface area contributed by atoms with Crippen LogP contribution in [-0.2, 0) is 13.0 Å². The molecule has 2 aliphatic heterocycles. The Kier molecular flexibility index (Phi) is 5.86. The van der Waals surface area contributed by atoms with Crippen LogP contribution in [0.1, 0.15) is 50.2 Å². The van der Waals surface area contributed by atoms with Crippen LogP contribution < -0.4 is 10.2 Å². The first-order chi connectivity index (χ1) is 16.1. The topological polar surface area (TPSA) is 52.7 Å². The molecule has 0 unspecified atom stereocenters. The lowest BCUT2D eigenvalue weighted by Crippen LogP contribution is -2.30. The number of rotatable bonds is 4. The molecule has 1 fully saturated rings. The van der Waals surface area contributed by atoms with Crippen molar-refractivity contribution in [1.29, 1.82) is 0 Å². The van der Waals surface area contributed by atoms with E-state index in [1.807, 2.05) is 54.3 Å². The lowest BCUT2D eigenvalue weighted by molar-refractivity contribution is 0.0791. The number of nitrogens with zero attached hydrogens (tertiary/aromatic N) is 2. The number of carbonyl (C=O) groups excluding carboxylic acids is 2. The van der Waals surface area contributed by atoms with Crippen molar-refractivity contribution in [3.8, 4) is 0 Å². The van der Waals surface area contributed by atoms with Gasteiger partial charge in [-0.1, -0.05) is 30.3 Å². The Labute approximate surface area is 195 Å². The highest BCUT2D eigenvalue weighted by atomic mass is 16.2. The molecule has 0 spiro atoms. The Morgan fingerprint density at radius 1 is 0.818 bits per heavy atom. The van der Waals surface area contributed by atoms with Gasteiger partial charge in [-0.25, -0.2) is 0 Å². The minimum atomic E-state index is -0.167. The number of amides is 2. The summed E-state index contributed by atoms with van der Waals surface area (Å²) >= 11 is 0. The third-order valence-corrected chi connectivity index (χ3v) is 6.83. The molecule has 2 amide bonds. The minimum Gasteiger partial charge on any atom is -0.367 e. The molecule has 3 aromatic rings. The molecule has 5 rings (SSSR count). The monoisotopic (exact) mass is 439 g/mol. The van der Waals surface area contributed by atoms with Crippen molar-refractivity contribution < 1.29 is 9.59 Å². The number of fused-ring (bicyclic) bond motifs is 1. The molecule has 0 aliphatic carbocycles. The van der Waals surface area contributed by atoms with Crippen LogP contribution in [0.4, 0.5) is 11.4 Å². The van der Waals surface area contributed by atoms with Crippen molar-refractivity contribution >= 4 is 23.2 Å². The predicted molar refractivity (Wildman–Crippen MR) is 132 cm³/mol. The molecule has 5 nitrogen and oxygen atoms in total. The molecule has 5 heteroatoms. The molecule has 33 heavy (non-hydrogen) atoms. The zero-order chi connectivity index (χ0) is 22.8. The number of carbonyl (C=O) groups is 2. The first kappa shape index (κ1) is 21.3. The van der Waals surface area contributed by atoms with Gasteiger partial charge in [-0.05, 0) is 79.3 Å². The van der Waals surface area contributed by atoms with E-state index in [2.05, 4.69) is 34.5 Å². The van der Waals surface area contributed by atoms with Crippen LogP contribution in [0.3, 0.4) is 0 Å². The summed E-state index contributed by atoms with van der Waals surface area (Å²) in [6.45, 7) is 5.38. The van der Waals surface area contributed by atoms with Crippen LogP contribution in [0, 0.1) is 6.92 Å². The Morgan fingerprint density at radius 2 is 1.55 bits per heavy atom. The van der Waals surface area contributed by atoms with E-state index < -0.39 is 0 Å². The molecule has 3 aromatic carbocycles. The first-order valence-corrected chi connectivity index (χ1v) is 11.7. The van der Waals surface area contributed by atoms with E-state index in [4.69, 9.17) is 0 Å². The molecule has 0 radical (unpaired) electrons. The maximum Gasteiger partial charge on any atom is 0.255 e. The summed E-state index contributed by atoms with van der Waals surface area (Å²) in [6, 6.07) is 21.9. The summed E-state index contributed by atoms with van der Waals surface area (Å²) in [5.41, 5.74) is 6.67. The van der Waals surface area contributed by atoms with E-state index in [-0.39, 0.29) is 11.8 Å². The predicted octanol–water partition coefficient (Wildman–Crippen LogP) is 5.05. The van der Waals surface area contributed by atoms with Gasteiger partial charge in [-0.3, -0.25) is 9.59 Å². The lowest BCUT2D eigenvalue weighted by Gasteiger charge is -2.30. The number of hydrogen-bond donors (Lipinski definition) is 1. The van der Waals surface area contributed by atoms with E-state index in [0.29, 0.717) is 16.8 Å². The lowest BCUT2D eigenvalue weighted by atomic mass is 9.99. The van der Waals surface area contributed by atoms with Gasteiger partial charge < -0.3 is 15.1 Å². The molecule has 168 valence electrons. The first-order valence-electron chi connectivity index (χ1n) is 11.7. The van der Waals surface area contributed by atoms with Gasteiger partial charge in [-0.2, -0.15) is 0 Å². The van der Waals surface area contributed by atoms with Crippen LogP contribution in [0.5, 0.6) is 0 Å². The Morgan fingerprint density at radius 3 is 2.30 bits per heavy atom. The summed E-state index contributed by atoms with van der Waals surface area (Å²) in [7, 11) is 0. The average Bonchev–Trinajstić information content (AvgIpc) is 3.40. The fourth-order valence-electron chi connectivity index (χ4n) is 4.83. The van der Waals surface area contributed by atoms with Gasteiger partial charge in [0.15, 0.2) is 0 Å². The standard InChI is InChI=1S/C28H29N3O2/c1-20-25(28(33)30-16-4-5-17-30)9-6-10-26(20)29-27(32)22-11-13-24(14-12-22)31-18-15-21-7-2-3-8-23(21)19-31/h2-3,6-14H,4-5,15-19H2,1H3,(H,29,32). The molecule has 0 atom stereocenters. The Balaban J connectivity index is 1.28. The second kappa shape index (κ2) is 9.10. The van der Waals surface area contributed by atoms with Crippen molar-refractivity contribution in [2.45, 2.75) is 32.7 Å². The SMILES string of the molecule is Cc1c(NC(=O)c2ccc(N3CCc4ccccc4C3)cc2)cccc1C(=O)N1CCCC1. The van der Waals surface area contributed by atoms with E-state index in [1.54, 1.807) is 0 Å². The van der Waals surface area contributed by atoms with E-state index >= 15 is 0 Å². The number of hydrogen-bond acceptors (Lipinski definition) is 3. The second-order valence-electron chi connectivity index (χ2n) is 8.92. The highest BCUT2D eigenvalue weighted by molar-refractivity contribution is 6.06. The van der Waals surface area contributed by atoms with Crippen LogP contribution in [0.25, 0.3) is 0 Å². The average molecular weight is 440 g/mol. The highest BCUT2D eigenvalue weighted by Gasteiger charge is 2.22. The number of benzene rings is 3. The molecule has 2 heterocycles. The van der Waals surface area contributed by atoms with Gasteiger partial charge in [0.05, 0.1) is 0 Å². The van der Waals surface area contributed by atoms with Crippen LogP contribution in [0.2, 0.25) is 0 Å². The summed E-state index contributed by atoms with van der Waals surface area (Å²) in [5, 5.41) is 3.00. The normalized spacial score (nSPS) is 15.3. The minimum absolute atomic E-state index is 0.0496. The maximum absolute atomic E-state index is 12.9. The number of nitrogens with one attached hydrogen (secondary N) is 1.